The zero-order valence-electron chi connectivity index (χ0n) is 11.6. The van der Waals surface area contributed by atoms with Gasteiger partial charge in [-0.25, -0.2) is 8.42 Å². The van der Waals surface area contributed by atoms with E-state index in [-0.39, 0.29) is 11.4 Å². The minimum absolute atomic E-state index is 0.0101. The Morgan fingerprint density at radius 3 is 2.71 bits per heavy atom. The van der Waals surface area contributed by atoms with E-state index in [9.17, 15) is 13.2 Å². The van der Waals surface area contributed by atoms with Gasteiger partial charge in [-0.3, -0.25) is 9.78 Å². The lowest BCUT2D eigenvalue weighted by atomic mass is 10.2. The Morgan fingerprint density at radius 2 is 2.05 bits per heavy atom. The summed E-state index contributed by atoms with van der Waals surface area (Å²) in [6.45, 7) is 1.40. The molecule has 0 unspecified atom stereocenters. The molecule has 2 aromatic rings. The number of pyridine rings is 1. The van der Waals surface area contributed by atoms with Crippen LogP contribution in [-0.4, -0.2) is 41.9 Å². The van der Waals surface area contributed by atoms with Crippen molar-refractivity contribution in [3.63, 3.8) is 0 Å². The van der Waals surface area contributed by atoms with Crippen molar-refractivity contribution in [2.45, 2.75) is 18.2 Å². The molecule has 0 aliphatic carbocycles. The van der Waals surface area contributed by atoms with Crippen molar-refractivity contribution in [2.75, 3.05) is 13.1 Å². The average molecular weight is 308 g/mol. The van der Waals surface area contributed by atoms with Crippen LogP contribution in [0.2, 0.25) is 0 Å². The first-order chi connectivity index (χ1) is 9.95. The van der Waals surface area contributed by atoms with Crippen molar-refractivity contribution < 1.29 is 18.3 Å². The summed E-state index contributed by atoms with van der Waals surface area (Å²) in [4.78, 5) is 15.0. The summed E-state index contributed by atoms with van der Waals surface area (Å²) < 4.78 is 26.0. The van der Waals surface area contributed by atoms with E-state index >= 15 is 0 Å². The summed E-state index contributed by atoms with van der Waals surface area (Å²) in [5, 5.41) is 9.57. The first-order valence-electron chi connectivity index (χ1n) is 6.52. The Morgan fingerprint density at radius 1 is 1.33 bits per heavy atom. The van der Waals surface area contributed by atoms with Gasteiger partial charge in [0.1, 0.15) is 11.4 Å². The molecule has 2 rings (SSSR count). The Labute approximate surface area is 123 Å². The molecule has 21 heavy (non-hydrogen) atoms. The van der Waals surface area contributed by atoms with Crippen LogP contribution in [-0.2, 0) is 14.8 Å². The van der Waals surface area contributed by atoms with Crippen molar-refractivity contribution in [1.82, 2.24) is 9.29 Å². The van der Waals surface area contributed by atoms with Crippen LogP contribution in [0.1, 0.15) is 13.3 Å². The number of carboxylic acids is 1. The Hall–Kier alpha value is -1.99. The van der Waals surface area contributed by atoms with Gasteiger partial charge in [-0.1, -0.05) is 25.1 Å². The molecule has 1 aromatic heterocycles. The van der Waals surface area contributed by atoms with Crippen LogP contribution in [0, 0.1) is 0 Å². The lowest BCUT2D eigenvalue weighted by Gasteiger charge is -2.19. The van der Waals surface area contributed by atoms with Gasteiger partial charge in [0.15, 0.2) is 0 Å². The molecule has 1 aromatic carbocycles. The molecule has 0 saturated heterocycles. The lowest BCUT2D eigenvalue weighted by molar-refractivity contribution is -0.137. The van der Waals surface area contributed by atoms with Crippen LogP contribution in [0.15, 0.2) is 41.4 Å². The number of sulfonamides is 1. The van der Waals surface area contributed by atoms with Crippen molar-refractivity contribution in [1.29, 1.82) is 0 Å². The molecule has 1 heterocycles. The van der Waals surface area contributed by atoms with E-state index in [0.717, 1.165) is 4.31 Å². The van der Waals surface area contributed by atoms with Crippen molar-refractivity contribution in [3.8, 4) is 0 Å². The molecule has 112 valence electrons. The number of hydrogen-bond donors (Lipinski definition) is 1. The highest BCUT2D eigenvalue weighted by Crippen LogP contribution is 2.20. The molecule has 0 spiro atoms. The molecule has 0 radical (unpaired) electrons. The van der Waals surface area contributed by atoms with Gasteiger partial charge in [0.25, 0.3) is 0 Å². The standard InChI is InChI=1S/C14H16N2O4S/c1-2-7-16(10-14(17)18)21(19,20)12-8-11-5-3-4-6-13(11)15-9-12/h3-6,8-9H,2,7,10H2,1H3,(H,17,18). The van der Waals surface area contributed by atoms with Crippen LogP contribution in [0.4, 0.5) is 0 Å². The van der Waals surface area contributed by atoms with Gasteiger partial charge in [-0.05, 0) is 18.6 Å². The first-order valence-corrected chi connectivity index (χ1v) is 7.96. The highest BCUT2D eigenvalue weighted by Gasteiger charge is 2.26. The summed E-state index contributed by atoms with van der Waals surface area (Å²) in [5.74, 6) is -1.18. The zero-order valence-corrected chi connectivity index (χ0v) is 12.4. The van der Waals surface area contributed by atoms with Gasteiger partial charge in [-0.15, -0.1) is 0 Å². The molecule has 0 fully saturated rings. The largest absolute Gasteiger partial charge is 0.480 e. The van der Waals surface area contributed by atoms with E-state index in [4.69, 9.17) is 5.11 Å². The number of aromatic nitrogens is 1. The van der Waals surface area contributed by atoms with Gasteiger partial charge in [0.2, 0.25) is 10.0 Å². The number of aliphatic carboxylic acids is 1. The summed E-state index contributed by atoms with van der Waals surface area (Å²) in [6, 6.07) is 8.68. The Kier molecular flexibility index (Phi) is 4.54. The number of hydrogen-bond acceptors (Lipinski definition) is 4. The van der Waals surface area contributed by atoms with Crippen LogP contribution >= 0.6 is 0 Å². The smallest absolute Gasteiger partial charge is 0.318 e. The minimum atomic E-state index is -3.86. The summed E-state index contributed by atoms with van der Waals surface area (Å²) >= 11 is 0. The van der Waals surface area contributed by atoms with Crippen LogP contribution in [0.25, 0.3) is 10.9 Å². The molecule has 0 saturated carbocycles. The van der Waals surface area contributed by atoms with E-state index in [1.165, 1.54) is 12.3 Å². The fourth-order valence-electron chi connectivity index (χ4n) is 2.03. The summed E-state index contributed by atoms with van der Waals surface area (Å²) in [6.07, 6.45) is 1.80. The second-order valence-corrected chi connectivity index (χ2v) is 6.53. The molecule has 1 N–H and O–H groups in total. The molecule has 7 heteroatoms. The highest BCUT2D eigenvalue weighted by atomic mass is 32.2. The number of benzene rings is 1. The topological polar surface area (TPSA) is 87.6 Å². The van der Waals surface area contributed by atoms with Gasteiger partial charge >= 0.3 is 5.97 Å². The summed E-state index contributed by atoms with van der Waals surface area (Å²) in [7, 11) is -3.86. The normalized spacial score (nSPS) is 11.9. The number of carbonyl (C=O) groups is 1. The molecule has 6 nitrogen and oxygen atoms in total. The molecule has 0 amide bonds. The van der Waals surface area contributed by atoms with Crippen LogP contribution in [0.3, 0.4) is 0 Å². The third-order valence-corrected chi connectivity index (χ3v) is 4.80. The number of fused-ring (bicyclic) bond motifs is 1. The number of carboxylic acid groups (broad SMARTS) is 1. The number of nitrogens with zero attached hydrogens (tertiary/aromatic N) is 2. The molecule has 0 atom stereocenters. The first kappa shape index (κ1) is 15.4. The second kappa shape index (κ2) is 6.19. The van der Waals surface area contributed by atoms with Crippen molar-refractivity contribution >= 4 is 26.9 Å². The van der Waals surface area contributed by atoms with E-state index in [2.05, 4.69) is 4.98 Å². The number of rotatable bonds is 6. The SMILES string of the molecule is CCCN(CC(=O)O)S(=O)(=O)c1cnc2ccccc2c1. The monoisotopic (exact) mass is 308 g/mol. The van der Waals surface area contributed by atoms with Gasteiger partial charge in [0.05, 0.1) is 5.52 Å². The van der Waals surface area contributed by atoms with Crippen LogP contribution in [0.5, 0.6) is 0 Å². The van der Waals surface area contributed by atoms with E-state index in [1.54, 1.807) is 25.1 Å². The van der Waals surface area contributed by atoms with E-state index in [1.807, 2.05) is 6.07 Å². The molecular weight excluding hydrogens is 292 g/mol. The predicted molar refractivity (Wildman–Crippen MR) is 78.4 cm³/mol. The Balaban J connectivity index is 2.45. The fraction of sp³-hybridized carbons (Fsp3) is 0.286. The van der Waals surface area contributed by atoms with Gasteiger partial charge in [0, 0.05) is 18.1 Å². The average Bonchev–Trinajstić information content (AvgIpc) is 2.46. The maximum Gasteiger partial charge on any atom is 0.318 e. The molecule has 0 aliphatic rings. The predicted octanol–water partition coefficient (Wildman–Crippen LogP) is 1.72. The molecular formula is C14H16N2O4S. The minimum Gasteiger partial charge on any atom is -0.480 e. The van der Waals surface area contributed by atoms with E-state index in [0.29, 0.717) is 17.3 Å². The van der Waals surface area contributed by atoms with Gasteiger partial charge in [-0.2, -0.15) is 4.31 Å². The lowest BCUT2D eigenvalue weighted by Crippen LogP contribution is -2.36. The zero-order chi connectivity index (χ0) is 15.5. The second-order valence-electron chi connectivity index (χ2n) is 4.60. The third-order valence-electron chi connectivity index (χ3n) is 2.99. The van der Waals surface area contributed by atoms with Crippen LogP contribution < -0.4 is 0 Å². The third kappa shape index (κ3) is 3.37. The van der Waals surface area contributed by atoms with E-state index < -0.39 is 22.5 Å². The molecule has 0 aliphatic heterocycles. The fourth-order valence-corrected chi connectivity index (χ4v) is 3.49. The quantitative estimate of drug-likeness (QED) is 0.878. The molecule has 0 bridgehead atoms. The maximum absolute atomic E-state index is 12.5. The van der Waals surface area contributed by atoms with Gasteiger partial charge < -0.3 is 5.11 Å². The highest BCUT2D eigenvalue weighted by molar-refractivity contribution is 7.89. The number of para-hydroxylation sites is 1. The maximum atomic E-state index is 12.5. The Bertz CT molecular complexity index is 758. The summed E-state index contributed by atoms with van der Waals surface area (Å²) in [5.41, 5.74) is 0.691. The van der Waals surface area contributed by atoms with Crippen molar-refractivity contribution in [3.05, 3.63) is 36.5 Å². The van der Waals surface area contributed by atoms with Crippen molar-refractivity contribution in [2.24, 2.45) is 0 Å².